The van der Waals surface area contributed by atoms with Gasteiger partial charge in [0.05, 0.1) is 0 Å². The van der Waals surface area contributed by atoms with E-state index in [2.05, 4.69) is 120 Å². The minimum absolute atomic E-state index is 0.640. The Hall–Kier alpha value is -1.43. The second-order valence-electron chi connectivity index (χ2n) is 10.4. The third-order valence-electron chi connectivity index (χ3n) is 7.59. The standard InChI is InChI=1S/C33H46BrP/c1-3-4-5-6-7-8-9-10-11-15-22-30(2)29-35(34,31-23-16-12-17-24-31,32-25-18-13-19-26-32)33-27-20-14-21-28-33/h12-14,16-21,23-28,30H,3-11,15,22,29H2,1-2H3/t30-/m0/s1. The molecule has 0 aliphatic carbocycles. The average Bonchev–Trinajstić information content (AvgIpc) is 2.91. The fraction of sp³-hybridized carbons (Fsp3) is 0.455. The van der Waals surface area contributed by atoms with Gasteiger partial charge in [0.1, 0.15) is 0 Å². The number of benzene rings is 3. The predicted molar refractivity (Wildman–Crippen MR) is 165 cm³/mol. The first-order valence-electron chi connectivity index (χ1n) is 14.0. The molecule has 3 aromatic rings. The van der Waals surface area contributed by atoms with Crippen molar-refractivity contribution in [1.29, 1.82) is 0 Å². The van der Waals surface area contributed by atoms with E-state index in [1.165, 1.54) is 86.5 Å². The van der Waals surface area contributed by atoms with Gasteiger partial charge in [0, 0.05) is 0 Å². The summed E-state index contributed by atoms with van der Waals surface area (Å²) < 4.78 is 0. The quantitative estimate of drug-likeness (QED) is 0.122. The van der Waals surface area contributed by atoms with E-state index in [9.17, 15) is 0 Å². The van der Waals surface area contributed by atoms with Crippen molar-refractivity contribution in [2.24, 2.45) is 5.92 Å². The molecule has 3 aromatic carbocycles. The van der Waals surface area contributed by atoms with Crippen LogP contribution in [0.1, 0.15) is 84.5 Å². The van der Waals surface area contributed by atoms with Crippen molar-refractivity contribution in [2.45, 2.75) is 84.5 Å². The van der Waals surface area contributed by atoms with Crippen molar-refractivity contribution in [2.75, 3.05) is 6.16 Å². The van der Waals surface area contributed by atoms with E-state index in [1.807, 2.05) is 0 Å². The molecule has 0 unspecified atom stereocenters. The summed E-state index contributed by atoms with van der Waals surface area (Å²) in [6.45, 7) is 4.77. The number of hydrogen-bond acceptors (Lipinski definition) is 0. The van der Waals surface area contributed by atoms with Gasteiger partial charge >= 0.3 is 211 Å². The molecule has 0 radical (unpaired) electrons. The Kier molecular flexibility index (Phi) is 11.5. The van der Waals surface area contributed by atoms with Crippen LogP contribution in [0.15, 0.2) is 91.0 Å². The van der Waals surface area contributed by atoms with E-state index in [1.54, 1.807) is 0 Å². The first-order chi connectivity index (χ1) is 17.1. The Morgan fingerprint density at radius 2 is 0.886 bits per heavy atom. The van der Waals surface area contributed by atoms with Crippen molar-refractivity contribution in [3.05, 3.63) is 91.0 Å². The Balaban J connectivity index is 1.72. The topological polar surface area (TPSA) is 0 Å². The molecule has 0 N–H and O–H groups in total. The van der Waals surface area contributed by atoms with Crippen LogP contribution in [0.2, 0.25) is 0 Å². The number of halogens is 1. The fourth-order valence-electron chi connectivity index (χ4n) is 5.64. The van der Waals surface area contributed by atoms with Gasteiger partial charge in [0.25, 0.3) is 0 Å². The Labute approximate surface area is 223 Å². The van der Waals surface area contributed by atoms with Crippen LogP contribution in [-0.2, 0) is 0 Å². The van der Waals surface area contributed by atoms with Gasteiger partial charge in [-0.3, -0.25) is 0 Å². The molecule has 0 aliphatic rings. The molecule has 0 heterocycles. The summed E-state index contributed by atoms with van der Waals surface area (Å²) in [7, 11) is 0. The number of hydrogen-bond donors (Lipinski definition) is 0. The summed E-state index contributed by atoms with van der Waals surface area (Å²) in [6.07, 6.45) is 16.4. The molecule has 1 atom stereocenters. The van der Waals surface area contributed by atoms with E-state index in [0.717, 1.165) is 6.16 Å². The van der Waals surface area contributed by atoms with Gasteiger partial charge in [-0.25, -0.2) is 0 Å². The summed E-state index contributed by atoms with van der Waals surface area (Å²) in [5, 5.41) is 1.52. The molecule has 0 saturated carbocycles. The Bertz CT molecular complexity index is 855. The minimum atomic E-state index is -2.79. The second kappa shape index (κ2) is 14.3. The van der Waals surface area contributed by atoms with Gasteiger partial charge in [0.2, 0.25) is 0 Å². The predicted octanol–water partition coefficient (Wildman–Crippen LogP) is 9.77. The fourth-order valence-corrected chi connectivity index (χ4v) is 14.5. The monoisotopic (exact) mass is 552 g/mol. The van der Waals surface area contributed by atoms with Gasteiger partial charge in [-0.05, 0) is 0 Å². The van der Waals surface area contributed by atoms with E-state index in [-0.39, 0.29) is 0 Å². The van der Waals surface area contributed by atoms with Crippen LogP contribution >= 0.6 is 20.8 Å². The first-order valence-corrected chi connectivity index (χ1v) is 18.4. The van der Waals surface area contributed by atoms with Crippen LogP contribution in [0.5, 0.6) is 0 Å². The Morgan fingerprint density at radius 1 is 0.543 bits per heavy atom. The normalized spacial score (nSPS) is 13.7. The van der Waals surface area contributed by atoms with E-state index >= 15 is 0 Å². The van der Waals surface area contributed by atoms with Gasteiger partial charge in [-0.1, -0.05) is 13.3 Å². The van der Waals surface area contributed by atoms with Gasteiger partial charge in [-0.2, -0.15) is 0 Å². The van der Waals surface area contributed by atoms with Crippen molar-refractivity contribution in [1.82, 2.24) is 0 Å². The molecule has 0 amide bonds. The molecule has 2 heteroatoms. The number of unbranched alkanes of at least 4 members (excludes halogenated alkanes) is 9. The maximum atomic E-state index is 4.62. The third-order valence-corrected chi connectivity index (χ3v) is 17.6. The van der Waals surface area contributed by atoms with Crippen LogP contribution in [0, 0.1) is 5.92 Å². The summed E-state index contributed by atoms with van der Waals surface area (Å²) >= 11 is 4.62. The average molecular weight is 554 g/mol. The van der Waals surface area contributed by atoms with Crippen LogP contribution in [0.25, 0.3) is 0 Å². The molecular formula is C33H46BrP. The molecule has 0 spiro atoms. The molecule has 3 rings (SSSR count). The molecule has 0 fully saturated rings. The summed E-state index contributed by atoms with van der Waals surface area (Å²) in [6, 6.07) is 33.7. The molecule has 0 aromatic heterocycles. The summed E-state index contributed by atoms with van der Waals surface area (Å²) in [5.74, 6) is 0.640. The zero-order valence-electron chi connectivity index (χ0n) is 22.0. The molecule has 0 aliphatic heterocycles. The van der Waals surface area contributed by atoms with Crippen molar-refractivity contribution in [3.8, 4) is 0 Å². The number of rotatable bonds is 16. The van der Waals surface area contributed by atoms with Gasteiger partial charge < -0.3 is 0 Å². The van der Waals surface area contributed by atoms with Crippen molar-refractivity contribution >= 4 is 36.7 Å². The van der Waals surface area contributed by atoms with Crippen LogP contribution in [0.4, 0.5) is 0 Å². The van der Waals surface area contributed by atoms with E-state index in [4.69, 9.17) is 0 Å². The van der Waals surface area contributed by atoms with Crippen LogP contribution in [-0.4, -0.2) is 6.16 Å². The third kappa shape index (κ3) is 7.30. The first kappa shape index (κ1) is 28.1. The van der Waals surface area contributed by atoms with Crippen molar-refractivity contribution < 1.29 is 0 Å². The molecule has 190 valence electrons. The molecule has 35 heavy (non-hydrogen) atoms. The van der Waals surface area contributed by atoms with E-state index in [0.29, 0.717) is 5.92 Å². The van der Waals surface area contributed by atoms with E-state index < -0.39 is 5.31 Å². The second-order valence-corrected chi connectivity index (χ2v) is 19.4. The Morgan fingerprint density at radius 3 is 1.26 bits per heavy atom. The summed E-state index contributed by atoms with van der Waals surface area (Å²) in [4.78, 5) is 0. The zero-order valence-corrected chi connectivity index (χ0v) is 24.5. The molecular weight excluding hydrogens is 507 g/mol. The molecule has 0 bridgehead atoms. The summed E-state index contributed by atoms with van der Waals surface area (Å²) in [5.41, 5.74) is 0. The van der Waals surface area contributed by atoms with Crippen molar-refractivity contribution in [3.63, 3.8) is 0 Å². The molecule has 0 saturated heterocycles. The van der Waals surface area contributed by atoms with Gasteiger partial charge in [-0.15, -0.1) is 0 Å². The SMILES string of the molecule is CCCCCCCCCCCC[C@H](C)CP(Br)(c1ccccc1)(c1ccccc1)c1ccccc1. The maximum absolute atomic E-state index is 4.62. The van der Waals surface area contributed by atoms with Crippen LogP contribution in [0.3, 0.4) is 0 Å². The molecule has 0 nitrogen and oxygen atoms in total. The zero-order chi connectivity index (χ0) is 24.8. The van der Waals surface area contributed by atoms with Crippen LogP contribution < -0.4 is 15.9 Å². The van der Waals surface area contributed by atoms with Gasteiger partial charge in [0.15, 0.2) is 0 Å².